The van der Waals surface area contributed by atoms with E-state index < -0.39 is 0 Å². The lowest BCUT2D eigenvalue weighted by molar-refractivity contribution is 1.10. The van der Waals surface area contributed by atoms with E-state index in [0.717, 1.165) is 5.69 Å². The second-order valence-electron chi connectivity index (χ2n) is 12.3. The van der Waals surface area contributed by atoms with Gasteiger partial charge in [-0.15, -0.1) is 0 Å². The molecule has 0 aliphatic rings. The highest BCUT2D eigenvalue weighted by Gasteiger charge is 2.20. The molecule has 0 amide bonds. The van der Waals surface area contributed by atoms with Gasteiger partial charge < -0.3 is 4.57 Å². The monoisotopic (exact) mass is 589 g/mol. The Morgan fingerprint density at radius 2 is 0.783 bits per heavy atom. The van der Waals surface area contributed by atoms with E-state index in [0.29, 0.717) is 0 Å². The minimum Gasteiger partial charge on any atom is -0.309 e. The zero-order chi connectivity index (χ0) is 31.2. The summed E-state index contributed by atoms with van der Waals surface area (Å²) in [5, 5.41) is 5.06. The van der Waals surface area contributed by atoms with Crippen LogP contribution in [0.2, 0.25) is 0 Å². The van der Waals surface area contributed by atoms with E-state index in [9.17, 15) is 0 Å². The molecule has 1 aromatic heterocycles. The van der Waals surface area contributed by atoms with Gasteiger partial charge in [-0.1, -0.05) is 133 Å². The first-order valence-electron chi connectivity index (χ1n) is 16.0. The van der Waals surface area contributed by atoms with Crippen molar-refractivity contribution in [2.45, 2.75) is 20.8 Å². The van der Waals surface area contributed by atoms with Gasteiger partial charge in [0.1, 0.15) is 0 Å². The normalized spacial score (nSPS) is 11.4. The predicted octanol–water partition coefficient (Wildman–Crippen LogP) is 12.4. The first-order valence-corrected chi connectivity index (χ1v) is 16.0. The van der Waals surface area contributed by atoms with Crippen LogP contribution in [0.25, 0.3) is 72.0 Å². The number of hydrogen-bond acceptors (Lipinski definition) is 0. The van der Waals surface area contributed by atoms with Gasteiger partial charge >= 0.3 is 0 Å². The Hall–Kier alpha value is -5.66. The molecule has 0 saturated carbocycles. The van der Waals surface area contributed by atoms with Crippen molar-refractivity contribution in [3.63, 3.8) is 0 Å². The molecule has 0 bridgehead atoms. The van der Waals surface area contributed by atoms with Crippen molar-refractivity contribution in [1.29, 1.82) is 0 Å². The van der Waals surface area contributed by atoms with E-state index >= 15 is 0 Å². The van der Waals surface area contributed by atoms with E-state index in [1.807, 2.05) is 0 Å². The molecule has 0 aliphatic carbocycles. The van der Waals surface area contributed by atoms with Crippen molar-refractivity contribution in [2.24, 2.45) is 0 Å². The average molecular weight is 590 g/mol. The zero-order valence-electron chi connectivity index (χ0n) is 26.5. The van der Waals surface area contributed by atoms with Crippen molar-refractivity contribution < 1.29 is 0 Å². The summed E-state index contributed by atoms with van der Waals surface area (Å²) < 4.78 is 2.43. The molecule has 0 spiro atoms. The number of benzene rings is 7. The highest BCUT2D eigenvalue weighted by Crippen LogP contribution is 2.45. The first-order chi connectivity index (χ1) is 22.6. The fraction of sp³-hybridized carbons (Fsp3) is 0.0667. The van der Waals surface area contributed by atoms with Gasteiger partial charge in [0.05, 0.1) is 11.4 Å². The van der Waals surface area contributed by atoms with Crippen molar-refractivity contribution in [2.75, 3.05) is 0 Å². The number of aryl methyl sites for hydroxylation is 2. The van der Waals surface area contributed by atoms with Crippen LogP contribution in [0.5, 0.6) is 0 Å². The fourth-order valence-corrected chi connectivity index (χ4v) is 7.10. The van der Waals surface area contributed by atoms with Crippen molar-refractivity contribution >= 4 is 21.5 Å². The van der Waals surface area contributed by atoms with E-state index in [1.54, 1.807) is 0 Å². The van der Waals surface area contributed by atoms with Crippen LogP contribution in [0.4, 0.5) is 0 Å². The third kappa shape index (κ3) is 4.64. The van der Waals surface area contributed by atoms with Gasteiger partial charge in [-0.2, -0.15) is 0 Å². The molecular formula is C45H35N. The van der Waals surface area contributed by atoms with E-state index in [-0.39, 0.29) is 0 Å². The summed E-state index contributed by atoms with van der Waals surface area (Å²) >= 11 is 0. The lowest BCUT2D eigenvalue weighted by Crippen LogP contribution is -2.00. The predicted molar refractivity (Wildman–Crippen MR) is 197 cm³/mol. The minimum atomic E-state index is 1.14. The largest absolute Gasteiger partial charge is 0.309 e. The Morgan fingerprint density at radius 1 is 0.348 bits per heavy atom. The number of aromatic nitrogens is 1. The summed E-state index contributed by atoms with van der Waals surface area (Å²) in [5.74, 6) is 0. The van der Waals surface area contributed by atoms with Crippen LogP contribution in [0.15, 0.2) is 158 Å². The molecule has 0 atom stereocenters. The molecule has 220 valence electrons. The van der Waals surface area contributed by atoms with Crippen molar-refractivity contribution in [3.05, 3.63) is 174 Å². The summed E-state index contributed by atoms with van der Waals surface area (Å²) in [6.45, 7) is 6.69. The summed E-state index contributed by atoms with van der Waals surface area (Å²) in [4.78, 5) is 0. The van der Waals surface area contributed by atoms with Gasteiger partial charge in [-0.25, -0.2) is 0 Å². The molecule has 8 rings (SSSR count). The quantitative estimate of drug-likeness (QED) is 0.176. The zero-order valence-corrected chi connectivity index (χ0v) is 26.5. The standard InChI is InChI=1S/C45H35N/c1-30-27-36(28-31(2)32(30)3)45-39-22-14-13-21-38(39)44(35-19-11-6-12-20-35)40-24-23-37(29-41(40)45)46-42(33-15-7-4-8-16-33)25-26-43(46)34-17-9-5-10-18-34/h4-29H,1-3H3. The van der Waals surface area contributed by atoms with E-state index in [4.69, 9.17) is 0 Å². The van der Waals surface area contributed by atoms with Crippen LogP contribution >= 0.6 is 0 Å². The molecule has 46 heavy (non-hydrogen) atoms. The molecule has 0 fully saturated rings. The number of fused-ring (bicyclic) bond motifs is 2. The number of hydrogen-bond donors (Lipinski definition) is 0. The Kier molecular flexibility index (Phi) is 6.88. The van der Waals surface area contributed by atoms with Crippen LogP contribution in [0.3, 0.4) is 0 Å². The summed E-state index contributed by atoms with van der Waals surface area (Å²) in [7, 11) is 0. The lowest BCUT2D eigenvalue weighted by atomic mass is 9.84. The Bertz CT molecular complexity index is 2280. The van der Waals surface area contributed by atoms with E-state index in [2.05, 4.69) is 183 Å². The van der Waals surface area contributed by atoms with Crippen LogP contribution < -0.4 is 0 Å². The van der Waals surface area contributed by atoms with Gasteiger partial charge in [-0.05, 0) is 117 Å². The molecule has 0 radical (unpaired) electrons. The molecular weight excluding hydrogens is 555 g/mol. The molecule has 0 aliphatic heterocycles. The smallest absolute Gasteiger partial charge is 0.0535 e. The maximum Gasteiger partial charge on any atom is 0.0535 e. The second-order valence-corrected chi connectivity index (χ2v) is 12.3. The summed E-state index contributed by atoms with van der Waals surface area (Å²) in [6.07, 6.45) is 0. The number of rotatable bonds is 5. The highest BCUT2D eigenvalue weighted by molar-refractivity contribution is 6.21. The van der Waals surface area contributed by atoms with Crippen molar-refractivity contribution in [1.82, 2.24) is 4.57 Å². The molecule has 8 aromatic rings. The SMILES string of the molecule is Cc1cc(-c2c3ccccc3c(-c3ccccc3)c3ccc(-n4c(-c5ccccc5)ccc4-c4ccccc4)cc23)cc(C)c1C. The molecule has 7 aromatic carbocycles. The lowest BCUT2D eigenvalue weighted by Gasteiger charge is -2.21. The highest BCUT2D eigenvalue weighted by atomic mass is 15.0. The molecule has 0 unspecified atom stereocenters. The van der Waals surface area contributed by atoms with Crippen LogP contribution in [0, 0.1) is 20.8 Å². The van der Waals surface area contributed by atoms with Crippen LogP contribution in [-0.4, -0.2) is 4.57 Å². The first kappa shape index (κ1) is 27.9. The molecule has 1 heteroatoms. The maximum absolute atomic E-state index is 2.43. The van der Waals surface area contributed by atoms with Gasteiger partial charge in [0.25, 0.3) is 0 Å². The Labute approximate surface area is 271 Å². The van der Waals surface area contributed by atoms with Gasteiger partial charge in [0.15, 0.2) is 0 Å². The fourth-order valence-electron chi connectivity index (χ4n) is 7.10. The Morgan fingerprint density at radius 3 is 1.30 bits per heavy atom. The third-order valence-electron chi connectivity index (χ3n) is 9.56. The second kappa shape index (κ2) is 11.4. The van der Waals surface area contributed by atoms with Gasteiger partial charge in [-0.3, -0.25) is 0 Å². The minimum absolute atomic E-state index is 1.14. The molecule has 0 saturated heterocycles. The Balaban J connectivity index is 1.51. The average Bonchev–Trinajstić information content (AvgIpc) is 3.56. The topological polar surface area (TPSA) is 4.93 Å². The third-order valence-corrected chi connectivity index (χ3v) is 9.56. The van der Waals surface area contributed by atoms with Crippen LogP contribution in [-0.2, 0) is 0 Å². The van der Waals surface area contributed by atoms with Crippen LogP contribution in [0.1, 0.15) is 16.7 Å². The van der Waals surface area contributed by atoms with Crippen molar-refractivity contribution in [3.8, 4) is 50.5 Å². The van der Waals surface area contributed by atoms with Gasteiger partial charge in [0, 0.05) is 5.69 Å². The summed E-state index contributed by atoms with van der Waals surface area (Å²) in [6, 6.07) is 57.6. The maximum atomic E-state index is 2.43. The summed E-state index contributed by atoms with van der Waals surface area (Å²) in [5.41, 5.74) is 14.9. The molecule has 1 nitrogen and oxygen atoms in total. The molecule has 1 heterocycles. The van der Waals surface area contributed by atoms with E-state index in [1.165, 1.54) is 83.0 Å². The molecule has 0 N–H and O–H groups in total. The van der Waals surface area contributed by atoms with Gasteiger partial charge in [0.2, 0.25) is 0 Å². The number of nitrogens with zero attached hydrogens (tertiary/aromatic N) is 1.